The first-order valence-electron chi connectivity index (χ1n) is 9.32. The predicted octanol–water partition coefficient (Wildman–Crippen LogP) is 3.28. The molecule has 0 spiro atoms. The highest BCUT2D eigenvalue weighted by Gasteiger charge is 2.30. The minimum absolute atomic E-state index is 0.0144. The Labute approximate surface area is 159 Å². The van der Waals surface area contributed by atoms with Crippen LogP contribution in [0.5, 0.6) is 17.2 Å². The van der Waals surface area contributed by atoms with Crippen molar-refractivity contribution in [3.05, 3.63) is 53.1 Å². The number of hydrogen-bond donors (Lipinski definition) is 1. The van der Waals surface area contributed by atoms with Crippen molar-refractivity contribution in [3.63, 3.8) is 0 Å². The highest BCUT2D eigenvalue weighted by Crippen LogP contribution is 2.36. The van der Waals surface area contributed by atoms with Crippen LogP contribution in [0.4, 0.5) is 0 Å². The number of carbonyl (C=O) groups is 1. The van der Waals surface area contributed by atoms with Crippen LogP contribution in [0.2, 0.25) is 0 Å². The Bertz CT molecular complexity index is 875. The molecule has 0 aromatic heterocycles. The number of amides is 1. The van der Waals surface area contributed by atoms with E-state index in [9.17, 15) is 4.79 Å². The number of para-hydroxylation sites is 1. The third-order valence-electron chi connectivity index (χ3n) is 5.14. The largest absolute Gasteiger partial charge is 0.493 e. The summed E-state index contributed by atoms with van der Waals surface area (Å²) in [7, 11) is 1.63. The van der Waals surface area contributed by atoms with Gasteiger partial charge in [-0.15, -0.1) is 0 Å². The maximum Gasteiger partial charge on any atom is 0.227 e. The van der Waals surface area contributed by atoms with Crippen LogP contribution >= 0.6 is 0 Å². The molecule has 0 fully saturated rings. The molecule has 0 saturated carbocycles. The molecule has 0 aliphatic carbocycles. The number of carbonyl (C=O) groups excluding carboxylic acids is 1. The van der Waals surface area contributed by atoms with E-state index in [1.54, 1.807) is 7.11 Å². The van der Waals surface area contributed by atoms with E-state index in [4.69, 9.17) is 14.2 Å². The van der Waals surface area contributed by atoms with Crippen LogP contribution in [0.1, 0.15) is 30.5 Å². The standard InChI is InChI=1S/C22H25NO4/c1-22(2)11-16-9-14(7-8-18(16)27-22)12-23-21(24)17-10-15-5-4-6-19(25-3)20(15)26-13-17/h4-9,17H,10-13H2,1-3H3,(H,23,24)/t17-/m0/s1. The van der Waals surface area contributed by atoms with Gasteiger partial charge in [-0.1, -0.05) is 24.3 Å². The number of ether oxygens (including phenoxy) is 3. The highest BCUT2D eigenvalue weighted by atomic mass is 16.5. The number of benzene rings is 2. The molecule has 5 nitrogen and oxygen atoms in total. The number of rotatable bonds is 4. The molecule has 1 atom stereocenters. The van der Waals surface area contributed by atoms with E-state index < -0.39 is 0 Å². The average molecular weight is 367 g/mol. The molecular weight excluding hydrogens is 342 g/mol. The van der Waals surface area contributed by atoms with E-state index in [1.807, 2.05) is 30.3 Å². The molecule has 2 aliphatic heterocycles. The first kappa shape index (κ1) is 17.7. The summed E-state index contributed by atoms with van der Waals surface area (Å²) in [6, 6.07) is 11.9. The van der Waals surface area contributed by atoms with E-state index in [0.717, 1.165) is 34.8 Å². The summed E-state index contributed by atoms with van der Waals surface area (Å²) in [4.78, 5) is 12.6. The second-order valence-electron chi connectivity index (χ2n) is 7.86. The zero-order valence-electron chi connectivity index (χ0n) is 16.0. The molecule has 1 N–H and O–H groups in total. The van der Waals surface area contributed by atoms with Gasteiger partial charge in [0.2, 0.25) is 5.91 Å². The molecule has 2 aromatic rings. The Morgan fingerprint density at radius 3 is 2.93 bits per heavy atom. The highest BCUT2D eigenvalue weighted by molar-refractivity contribution is 5.79. The van der Waals surface area contributed by atoms with Gasteiger partial charge in [0, 0.05) is 13.0 Å². The fourth-order valence-corrected chi connectivity index (χ4v) is 3.83. The molecule has 2 heterocycles. The molecule has 27 heavy (non-hydrogen) atoms. The average Bonchev–Trinajstić information content (AvgIpc) is 2.98. The van der Waals surface area contributed by atoms with Crippen LogP contribution < -0.4 is 19.5 Å². The normalized spacial score (nSPS) is 19.3. The minimum atomic E-state index is -0.193. The number of hydrogen-bond acceptors (Lipinski definition) is 4. The minimum Gasteiger partial charge on any atom is -0.493 e. The van der Waals surface area contributed by atoms with Crippen molar-refractivity contribution in [2.24, 2.45) is 5.92 Å². The summed E-state index contributed by atoms with van der Waals surface area (Å²) in [6.07, 6.45) is 1.55. The molecule has 0 bridgehead atoms. The van der Waals surface area contributed by atoms with Gasteiger partial charge in [-0.2, -0.15) is 0 Å². The van der Waals surface area contributed by atoms with Crippen LogP contribution in [0, 0.1) is 5.92 Å². The SMILES string of the molecule is COc1cccc2c1OC[C@@H](C(=O)NCc1ccc3c(c1)CC(C)(C)O3)C2. The van der Waals surface area contributed by atoms with E-state index in [-0.39, 0.29) is 17.4 Å². The zero-order valence-corrected chi connectivity index (χ0v) is 16.0. The van der Waals surface area contributed by atoms with Crippen LogP contribution in [-0.4, -0.2) is 25.2 Å². The Morgan fingerprint density at radius 1 is 1.26 bits per heavy atom. The number of methoxy groups -OCH3 is 1. The van der Waals surface area contributed by atoms with Crippen LogP contribution in [-0.2, 0) is 24.2 Å². The van der Waals surface area contributed by atoms with Crippen molar-refractivity contribution in [3.8, 4) is 17.2 Å². The van der Waals surface area contributed by atoms with E-state index >= 15 is 0 Å². The van der Waals surface area contributed by atoms with Gasteiger partial charge in [0.15, 0.2) is 11.5 Å². The maximum atomic E-state index is 12.6. The van der Waals surface area contributed by atoms with Crippen LogP contribution in [0.15, 0.2) is 36.4 Å². The van der Waals surface area contributed by atoms with Crippen LogP contribution in [0.3, 0.4) is 0 Å². The Hall–Kier alpha value is -2.69. The van der Waals surface area contributed by atoms with Gasteiger partial charge in [0.25, 0.3) is 0 Å². The first-order chi connectivity index (χ1) is 12.9. The van der Waals surface area contributed by atoms with E-state index in [1.165, 1.54) is 5.56 Å². The molecule has 0 saturated heterocycles. The smallest absolute Gasteiger partial charge is 0.227 e. The fourth-order valence-electron chi connectivity index (χ4n) is 3.83. The Morgan fingerprint density at radius 2 is 2.11 bits per heavy atom. The second kappa shape index (κ2) is 6.80. The number of fused-ring (bicyclic) bond motifs is 2. The van der Waals surface area contributed by atoms with Crippen molar-refractivity contribution >= 4 is 5.91 Å². The van der Waals surface area contributed by atoms with E-state index in [2.05, 4.69) is 25.2 Å². The summed E-state index contributed by atoms with van der Waals surface area (Å²) < 4.78 is 17.0. The van der Waals surface area contributed by atoms with Gasteiger partial charge in [-0.3, -0.25) is 4.79 Å². The topological polar surface area (TPSA) is 56.8 Å². The van der Waals surface area contributed by atoms with Crippen molar-refractivity contribution < 1.29 is 19.0 Å². The van der Waals surface area contributed by atoms with Crippen molar-refractivity contribution in [2.75, 3.05) is 13.7 Å². The van der Waals surface area contributed by atoms with E-state index in [0.29, 0.717) is 19.6 Å². The zero-order chi connectivity index (χ0) is 19.0. The van der Waals surface area contributed by atoms with Gasteiger partial charge < -0.3 is 19.5 Å². The molecule has 142 valence electrons. The third-order valence-corrected chi connectivity index (χ3v) is 5.14. The quantitative estimate of drug-likeness (QED) is 0.901. The van der Waals surface area contributed by atoms with Crippen molar-refractivity contribution in [1.29, 1.82) is 0 Å². The summed E-state index contributed by atoms with van der Waals surface area (Å²) in [6.45, 7) is 5.05. The molecular formula is C22H25NO4. The van der Waals surface area contributed by atoms with Crippen molar-refractivity contribution in [2.45, 2.75) is 38.8 Å². The summed E-state index contributed by atoms with van der Waals surface area (Å²) >= 11 is 0. The lowest BCUT2D eigenvalue weighted by Gasteiger charge is -2.25. The lowest BCUT2D eigenvalue weighted by atomic mass is 9.95. The monoisotopic (exact) mass is 367 g/mol. The van der Waals surface area contributed by atoms with Gasteiger partial charge in [-0.25, -0.2) is 0 Å². The van der Waals surface area contributed by atoms with Crippen LogP contribution in [0.25, 0.3) is 0 Å². The summed E-state index contributed by atoms with van der Waals surface area (Å²) in [5.74, 6) is 2.24. The van der Waals surface area contributed by atoms with Gasteiger partial charge in [-0.05, 0) is 49.1 Å². The number of nitrogens with one attached hydrogen (secondary N) is 1. The molecule has 4 rings (SSSR count). The lowest BCUT2D eigenvalue weighted by Crippen LogP contribution is -2.37. The molecule has 2 aliphatic rings. The molecule has 0 unspecified atom stereocenters. The lowest BCUT2D eigenvalue weighted by molar-refractivity contribution is -0.126. The second-order valence-corrected chi connectivity index (χ2v) is 7.86. The predicted molar refractivity (Wildman–Crippen MR) is 102 cm³/mol. The van der Waals surface area contributed by atoms with Crippen molar-refractivity contribution in [1.82, 2.24) is 5.32 Å². The molecule has 1 amide bonds. The maximum absolute atomic E-state index is 12.6. The summed E-state index contributed by atoms with van der Waals surface area (Å²) in [5.41, 5.74) is 3.14. The third kappa shape index (κ3) is 3.59. The molecule has 5 heteroatoms. The first-order valence-corrected chi connectivity index (χ1v) is 9.32. The van der Waals surface area contributed by atoms with Gasteiger partial charge in [0.05, 0.1) is 13.0 Å². The van der Waals surface area contributed by atoms with Gasteiger partial charge in [0.1, 0.15) is 18.0 Å². The molecule has 2 aromatic carbocycles. The molecule has 0 radical (unpaired) electrons. The fraction of sp³-hybridized carbons (Fsp3) is 0.409. The Kier molecular flexibility index (Phi) is 4.46. The summed E-state index contributed by atoms with van der Waals surface area (Å²) in [5, 5.41) is 3.05. The van der Waals surface area contributed by atoms with Gasteiger partial charge >= 0.3 is 0 Å². The Balaban J connectivity index is 1.38.